The summed E-state index contributed by atoms with van der Waals surface area (Å²) in [6.07, 6.45) is 2.58. The largest absolute Gasteiger partial charge is 0.488 e. The molecule has 1 saturated heterocycles. The van der Waals surface area contributed by atoms with Gasteiger partial charge >= 0.3 is 0 Å². The van der Waals surface area contributed by atoms with Crippen molar-refractivity contribution >= 4 is 55.0 Å². The van der Waals surface area contributed by atoms with Gasteiger partial charge in [0.1, 0.15) is 11.9 Å². The average molecular weight is 422 g/mol. The fraction of sp³-hybridized carbons (Fsp3) is 0.333. The summed E-state index contributed by atoms with van der Waals surface area (Å²) < 4.78 is 8.24. The third-order valence-corrected chi connectivity index (χ3v) is 4.74. The molecule has 0 radical (unpaired) electrons. The summed E-state index contributed by atoms with van der Waals surface area (Å²) >= 11 is 7.17. The molecule has 3 rings (SSSR count). The second kappa shape index (κ2) is 7.12. The van der Waals surface area contributed by atoms with E-state index in [0.717, 1.165) is 34.2 Å². The minimum atomic E-state index is 0. The van der Waals surface area contributed by atoms with E-state index in [0.29, 0.717) is 0 Å². The lowest BCUT2D eigenvalue weighted by atomic mass is 10.1. The minimum absolute atomic E-state index is 0. The summed E-state index contributed by atoms with van der Waals surface area (Å²) in [7, 11) is 0. The van der Waals surface area contributed by atoms with Crippen LogP contribution in [0.25, 0.3) is 10.8 Å². The Bertz CT molecular complexity index is 600. The Morgan fingerprint density at radius 2 is 2.00 bits per heavy atom. The highest BCUT2D eigenvalue weighted by atomic mass is 79.9. The number of hydrogen-bond acceptors (Lipinski definition) is 2. The number of fused-ring (bicyclic) bond motifs is 1. The van der Waals surface area contributed by atoms with Gasteiger partial charge in [0.05, 0.1) is 4.47 Å². The van der Waals surface area contributed by atoms with Gasteiger partial charge in [0.2, 0.25) is 0 Å². The van der Waals surface area contributed by atoms with Crippen LogP contribution < -0.4 is 10.1 Å². The van der Waals surface area contributed by atoms with Crippen LogP contribution in [-0.4, -0.2) is 19.2 Å². The van der Waals surface area contributed by atoms with Gasteiger partial charge in [-0.1, -0.05) is 28.1 Å². The number of piperidine rings is 1. The fourth-order valence-corrected chi connectivity index (χ4v) is 3.40. The Morgan fingerprint density at radius 1 is 1.15 bits per heavy atom. The van der Waals surface area contributed by atoms with Crippen LogP contribution in [0, 0.1) is 0 Å². The molecule has 1 aliphatic rings. The first-order valence-corrected chi connectivity index (χ1v) is 8.08. The average Bonchev–Trinajstić information content (AvgIpc) is 2.43. The van der Waals surface area contributed by atoms with E-state index in [1.807, 2.05) is 6.07 Å². The number of rotatable bonds is 2. The number of nitrogens with one attached hydrogen (secondary N) is 1. The van der Waals surface area contributed by atoms with Gasteiger partial charge in [-0.15, -0.1) is 12.4 Å². The van der Waals surface area contributed by atoms with Crippen molar-refractivity contribution < 1.29 is 4.74 Å². The van der Waals surface area contributed by atoms with Crippen molar-refractivity contribution in [2.24, 2.45) is 0 Å². The van der Waals surface area contributed by atoms with Gasteiger partial charge in [-0.05, 0) is 64.3 Å². The Balaban J connectivity index is 0.00000147. The molecule has 1 fully saturated rings. The maximum atomic E-state index is 6.10. The van der Waals surface area contributed by atoms with Gasteiger partial charge in [-0.2, -0.15) is 0 Å². The molecule has 5 heteroatoms. The molecule has 108 valence electrons. The quantitative estimate of drug-likeness (QED) is 0.743. The van der Waals surface area contributed by atoms with Crippen LogP contribution in [0.4, 0.5) is 0 Å². The van der Waals surface area contributed by atoms with Crippen molar-refractivity contribution in [2.75, 3.05) is 13.1 Å². The molecular formula is C15H16Br2ClNO. The van der Waals surface area contributed by atoms with Crippen molar-refractivity contribution in [1.29, 1.82) is 0 Å². The van der Waals surface area contributed by atoms with E-state index < -0.39 is 0 Å². The standard InChI is InChI=1S/C15H15Br2NO.ClH/c16-11-4-5-13-10(8-11)3-6-14(15(13)17)19-12-2-1-7-18-9-12;/h3-6,8,12,18H,1-2,7,9H2;1H. The van der Waals surface area contributed by atoms with Gasteiger partial charge in [0, 0.05) is 11.0 Å². The topological polar surface area (TPSA) is 21.3 Å². The third kappa shape index (κ3) is 3.48. The van der Waals surface area contributed by atoms with Gasteiger partial charge in [0.15, 0.2) is 0 Å². The van der Waals surface area contributed by atoms with Crippen LogP contribution in [0.15, 0.2) is 39.3 Å². The summed E-state index contributed by atoms with van der Waals surface area (Å²) in [4.78, 5) is 0. The summed E-state index contributed by atoms with van der Waals surface area (Å²) in [5, 5.41) is 5.76. The molecule has 2 nitrogen and oxygen atoms in total. The lowest BCUT2D eigenvalue weighted by Gasteiger charge is -2.24. The van der Waals surface area contributed by atoms with E-state index in [1.165, 1.54) is 17.2 Å². The number of ether oxygens (including phenoxy) is 1. The van der Waals surface area contributed by atoms with Crippen LogP contribution >= 0.6 is 44.3 Å². The van der Waals surface area contributed by atoms with E-state index in [4.69, 9.17) is 4.74 Å². The highest BCUT2D eigenvalue weighted by Crippen LogP contribution is 2.35. The molecule has 1 atom stereocenters. The van der Waals surface area contributed by atoms with Gasteiger partial charge < -0.3 is 10.1 Å². The molecular weight excluding hydrogens is 405 g/mol. The first kappa shape index (κ1) is 16.1. The Hall–Kier alpha value is -0.290. The van der Waals surface area contributed by atoms with Crippen LogP contribution in [0.2, 0.25) is 0 Å². The Morgan fingerprint density at radius 3 is 2.75 bits per heavy atom. The third-order valence-electron chi connectivity index (χ3n) is 3.43. The molecule has 1 heterocycles. The monoisotopic (exact) mass is 419 g/mol. The first-order valence-electron chi connectivity index (χ1n) is 6.49. The molecule has 0 spiro atoms. The molecule has 0 amide bonds. The first-order chi connectivity index (χ1) is 9.24. The highest BCUT2D eigenvalue weighted by molar-refractivity contribution is 9.11. The Kier molecular flexibility index (Phi) is 5.73. The summed E-state index contributed by atoms with van der Waals surface area (Å²) in [5.41, 5.74) is 0. The summed E-state index contributed by atoms with van der Waals surface area (Å²) in [5.74, 6) is 0.934. The minimum Gasteiger partial charge on any atom is -0.488 e. The summed E-state index contributed by atoms with van der Waals surface area (Å²) in [6.45, 7) is 2.04. The lowest BCUT2D eigenvalue weighted by molar-refractivity contribution is 0.166. The molecule has 2 aromatic rings. The zero-order valence-corrected chi connectivity index (χ0v) is 14.9. The van der Waals surface area contributed by atoms with Gasteiger partial charge in [-0.3, -0.25) is 0 Å². The van der Waals surface area contributed by atoms with E-state index in [9.17, 15) is 0 Å². The molecule has 1 N–H and O–H groups in total. The van der Waals surface area contributed by atoms with Crippen molar-refractivity contribution in [1.82, 2.24) is 5.32 Å². The van der Waals surface area contributed by atoms with E-state index in [-0.39, 0.29) is 18.5 Å². The van der Waals surface area contributed by atoms with Crippen LogP contribution in [0.3, 0.4) is 0 Å². The second-order valence-corrected chi connectivity index (χ2v) is 6.54. The second-order valence-electron chi connectivity index (χ2n) is 4.83. The fourth-order valence-electron chi connectivity index (χ4n) is 2.43. The zero-order chi connectivity index (χ0) is 13.2. The predicted octanol–water partition coefficient (Wildman–Crippen LogP) is 4.92. The SMILES string of the molecule is Brc1ccc2c(Br)c(OC3CCCNC3)ccc2c1.Cl. The molecule has 1 unspecified atom stereocenters. The molecule has 2 aromatic carbocycles. The number of halogens is 3. The van der Waals surface area contributed by atoms with Crippen LogP contribution in [0.5, 0.6) is 5.75 Å². The Labute approximate surface area is 141 Å². The maximum absolute atomic E-state index is 6.10. The van der Waals surface area contributed by atoms with E-state index in [2.05, 4.69) is 61.4 Å². The van der Waals surface area contributed by atoms with E-state index >= 15 is 0 Å². The molecule has 20 heavy (non-hydrogen) atoms. The van der Waals surface area contributed by atoms with Crippen molar-refractivity contribution in [3.63, 3.8) is 0 Å². The van der Waals surface area contributed by atoms with Crippen molar-refractivity contribution in [2.45, 2.75) is 18.9 Å². The number of hydrogen-bond donors (Lipinski definition) is 1. The maximum Gasteiger partial charge on any atom is 0.134 e. The van der Waals surface area contributed by atoms with Crippen molar-refractivity contribution in [3.8, 4) is 5.75 Å². The normalized spacial score (nSPS) is 18.6. The smallest absolute Gasteiger partial charge is 0.134 e. The molecule has 0 saturated carbocycles. The van der Waals surface area contributed by atoms with Gasteiger partial charge in [-0.25, -0.2) is 0 Å². The zero-order valence-electron chi connectivity index (χ0n) is 10.9. The predicted molar refractivity (Wildman–Crippen MR) is 93.1 cm³/mol. The van der Waals surface area contributed by atoms with E-state index in [1.54, 1.807) is 0 Å². The van der Waals surface area contributed by atoms with Crippen LogP contribution in [0.1, 0.15) is 12.8 Å². The number of benzene rings is 2. The van der Waals surface area contributed by atoms with Crippen molar-refractivity contribution in [3.05, 3.63) is 39.3 Å². The van der Waals surface area contributed by atoms with Gasteiger partial charge in [0.25, 0.3) is 0 Å². The van der Waals surface area contributed by atoms with Crippen LogP contribution in [-0.2, 0) is 0 Å². The molecule has 0 bridgehead atoms. The highest BCUT2D eigenvalue weighted by Gasteiger charge is 2.16. The molecule has 0 aliphatic carbocycles. The molecule has 0 aromatic heterocycles. The lowest BCUT2D eigenvalue weighted by Crippen LogP contribution is -2.37. The molecule has 1 aliphatic heterocycles. The summed E-state index contributed by atoms with van der Waals surface area (Å²) in [6, 6.07) is 10.4.